The van der Waals surface area contributed by atoms with Gasteiger partial charge in [-0.3, -0.25) is 0 Å². The van der Waals surface area contributed by atoms with Gasteiger partial charge in [0.25, 0.3) is 0 Å². The van der Waals surface area contributed by atoms with Gasteiger partial charge in [0.1, 0.15) is 0 Å². The molecule has 0 bridgehead atoms. The molecule has 0 fully saturated rings. The lowest BCUT2D eigenvalue weighted by Crippen LogP contribution is -2.02. The Bertz CT molecular complexity index is 665. The van der Waals surface area contributed by atoms with Crippen LogP contribution in [0.3, 0.4) is 0 Å². The predicted molar refractivity (Wildman–Crippen MR) is 95.7 cm³/mol. The maximum Gasteiger partial charge on any atom is 0.179 e. The average Bonchev–Trinajstić information content (AvgIpc) is 2.50. The summed E-state index contributed by atoms with van der Waals surface area (Å²) < 4.78 is 11.7. The molecule has 0 heterocycles. The molecule has 2 aromatic carbocycles. The van der Waals surface area contributed by atoms with E-state index >= 15 is 0 Å². The monoisotopic (exact) mass is 403 g/mol. The van der Waals surface area contributed by atoms with Crippen molar-refractivity contribution in [3.05, 3.63) is 50.4 Å². The molecule has 0 atom stereocenters. The topological polar surface area (TPSA) is 30.5 Å². The minimum absolute atomic E-state index is 0.533. The second kappa shape index (κ2) is 7.95. The highest BCUT2D eigenvalue weighted by Gasteiger charge is 2.11. The van der Waals surface area contributed by atoms with Gasteiger partial charge in [0.2, 0.25) is 0 Å². The van der Waals surface area contributed by atoms with Crippen LogP contribution in [0.4, 0.5) is 5.69 Å². The lowest BCUT2D eigenvalue weighted by molar-refractivity contribution is 0.311. The molecular weight excluding hydrogens is 389 g/mol. The number of hydrogen-bond acceptors (Lipinski definition) is 3. The number of ether oxygens (including phenoxy) is 2. The van der Waals surface area contributed by atoms with E-state index in [0.717, 1.165) is 15.7 Å². The number of halogens is 3. The molecule has 0 unspecified atom stereocenters. The highest BCUT2D eigenvalue weighted by molar-refractivity contribution is 9.10. The first-order valence-electron chi connectivity index (χ1n) is 6.73. The molecule has 6 heteroatoms. The maximum atomic E-state index is 6.26. The van der Waals surface area contributed by atoms with Gasteiger partial charge in [-0.25, -0.2) is 0 Å². The molecule has 3 nitrogen and oxygen atoms in total. The summed E-state index contributed by atoms with van der Waals surface area (Å²) in [7, 11) is 1.60. The van der Waals surface area contributed by atoms with Crippen LogP contribution < -0.4 is 14.8 Å². The molecule has 2 rings (SSSR count). The van der Waals surface area contributed by atoms with Crippen LogP contribution in [0.1, 0.15) is 12.5 Å². The standard InChI is InChI=1S/C16H16BrCl2NO2/c1-3-22-16-14(19)6-10(7-15(16)21-2)9-20-11-4-5-12(17)13(18)8-11/h4-8,20H,3,9H2,1-2H3. The Kier molecular flexibility index (Phi) is 6.24. The normalized spacial score (nSPS) is 10.4. The minimum Gasteiger partial charge on any atom is -0.493 e. The van der Waals surface area contributed by atoms with Gasteiger partial charge in [-0.05, 0) is 58.7 Å². The van der Waals surface area contributed by atoms with Gasteiger partial charge in [0, 0.05) is 16.7 Å². The van der Waals surface area contributed by atoms with E-state index in [2.05, 4.69) is 21.2 Å². The van der Waals surface area contributed by atoms with Crippen LogP contribution in [0.15, 0.2) is 34.8 Å². The van der Waals surface area contributed by atoms with Crippen molar-refractivity contribution in [1.29, 1.82) is 0 Å². The summed E-state index contributed by atoms with van der Waals surface area (Å²) in [6.07, 6.45) is 0. The van der Waals surface area contributed by atoms with Crippen LogP contribution in [-0.4, -0.2) is 13.7 Å². The second-order valence-corrected chi connectivity index (χ2v) is 6.19. The van der Waals surface area contributed by atoms with Gasteiger partial charge in [-0.2, -0.15) is 0 Å². The number of anilines is 1. The van der Waals surface area contributed by atoms with E-state index < -0.39 is 0 Å². The molecule has 22 heavy (non-hydrogen) atoms. The third-order valence-corrected chi connectivity index (χ3v) is 4.51. The Hall–Kier alpha value is -1.10. The summed E-state index contributed by atoms with van der Waals surface area (Å²) >= 11 is 15.7. The van der Waals surface area contributed by atoms with Crippen molar-refractivity contribution < 1.29 is 9.47 Å². The van der Waals surface area contributed by atoms with Crippen molar-refractivity contribution in [2.75, 3.05) is 19.0 Å². The van der Waals surface area contributed by atoms with Gasteiger partial charge < -0.3 is 14.8 Å². The van der Waals surface area contributed by atoms with E-state index in [1.54, 1.807) is 7.11 Å². The zero-order valence-electron chi connectivity index (χ0n) is 12.3. The Balaban J connectivity index is 2.15. The van der Waals surface area contributed by atoms with Gasteiger partial charge >= 0.3 is 0 Å². The quantitative estimate of drug-likeness (QED) is 0.662. The van der Waals surface area contributed by atoms with Crippen molar-refractivity contribution in [2.24, 2.45) is 0 Å². The van der Waals surface area contributed by atoms with E-state index in [9.17, 15) is 0 Å². The number of methoxy groups -OCH3 is 1. The molecular formula is C16H16BrCl2NO2. The van der Waals surface area contributed by atoms with Crippen LogP contribution in [0.2, 0.25) is 10.0 Å². The number of benzene rings is 2. The Labute approximate surface area is 148 Å². The molecule has 0 aliphatic carbocycles. The lowest BCUT2D eigenvalue weighted by Gasteiger charge is -2.14. The second-order valence-electron chi connectivity index (χ2n) is 4.52. The third-order valence-electron chi connectivity index (χ3n) is 2.99. The molecule has 0 amide bonds. The molecule has 1 N–H and O–H groups in total. The van der Waals surface area contributed by atoms with Crippen LogP contribution in [-0.2, 0) is 6.54 Å². The summed E-state index contributed by atoms with van der Waals surface area (Å²) in [5, 5.41) is 4.49. The molecule has 0 aromatic heterocycles. The third kappa shape index (κ3) is 4.22. The SMILES string of the molecule is CCOc1c(Cl)cc(CNc2ccc(Br)c(Cl)c2)cc1OC. The van der Waals surface area contributed by atoms with E-state index in [-0.39, 0.29) is 0 Å². The molecule has 0 aliphatic heterocycles. The molecule has 2 aromatic rings. The van der Waals surface area contributed by atoms with E-state index in [1.165, 1.54) is 0 Å². The maximum absolute atomic E-state index is 6.26. The van der Waals surface area contributed by atoms with Crippen LogP contribution >= 0.6 is 39.1 Å². The largest absolute Gasteiger partial charge is 0.493 e. The van der Waals surface area contributed by atoms with Gasteiger partial charge in [0.05, 0.1) is 23.8 Å². The predicted octanol–water partition coefficient (Wildman–Crippen LogP) is 5.78. The summed E-state index contributed by atoms with van der Waals surface area (Å²) in [5.74, 6) is 1.20. The highest BCUT2D eigenvalue weighted by atomic mass is 79.9. The van der Waals surface area contributed by atoms with Gasteiger partial charge in [-0.1, -0.05) is 23.2 Å². The molecule has 0 saturated heterocycles. The highest BCUT2D eigenvalue weighted by Crippen LogP contribution is 2.36. The average molecular weight is 405 g/mol. The first-order valence-corrected chi connectivity index (χ1v) is 8.28. The minimum atomic E-state index is 0.533. The molecule has 0 saturated carbocycles. The summed E-state index contributed by atoms with van der Waals surface area (Å²) in [4.78, 5) is 0. The van der Waals surface area contributed by atoms with Crippen LogP contribution in [0.25, 0.3) is 0 Å². The Morgan fingerprint density at radius 2 is 1.91 bits per heavy atom. The fraction of sp³-hybridized carbons (Fsp3) is 0.250. The van der Waals surface area contributed by atoms with E-state index in [1.807, 2.05) is 37.3 Å². The molecule has 0 aliphatic rings. The lowest BCUT2D eigenvalue weighted by atomic mass is 10.2. The Morgan fingerprint density at radius 3 is 2.55 bits per heavy atom. The van der Waals surface area contributed by atoms with Crippen molar-refractivity contribution in [1.82, 2.24) is 0 Å². The van der Waals surface area contributed by atoms with Crippen molar-refractivity contribution in [3.63, 3.8) is 0 Å². The summed E-state index contributed by atoms with van der Waals surface area (Å²) in [5.41, 5.74) is 1.92. The van der Waals surface area contributed by atoms with Crippen molar-refractivity contribution in [3.8, 4) is 11.5 Å². The van der Waals surface area contributed by atoms with Crippen molar-refractivity contribution >= 4 is 44.8 Å². The molecule has 118 valence electrons. The summed E-state index contributed by atoms with van der Waals surface area (Å²) in [6, 6.07) is 9.48. The number of rotatable bonds is 6. The van der Waals surface area contributed by atoms with E-state index in [4.69, 9.17) is 32.7 Å². The molecule has 0 radical (unpaired) electrons. The first-order chi connectivity index (χ1) is 10.5. The zero-order chi connectivity index (χ0) is 16.1. The molecule has 0 spiro atoms. The fourth-order valence-corrected chi connectivity index (χ4v) is 2.68. The van der Waals surface area contributed by atoms with E-state index in [0.29, 0.717) is 34.7 Å². The number of hydrogen-bond donors (Lipinski definition) is 1. The smallest absolute Gasteiger partial charge is 0.179 e. The Morgan fingerprint density at radius 1 is 1.14 bits per heavy atom. The van der Waals surface area contributed by atoms with Crippen molar-refractivity contribution in [2.45, 2.75) is 13.5 Å². The fourth-order valence-electron chi connectivity index (χ4n) is 1.97. The first kappa shape index (κ1) is 17.3. The van der Waals surface area contributed by atoms with Crippen LogP contribution in [0, 0.1) is 0 Å². The van der Waals surface area contributed by atoms with Gasteiger partial charge in [-0.15, -0.1) is 0 Å². The van der Waals surface area contributed by atoms with Gasteiger partial charge in [0.15, 0.2) is 11.5 Å². The summed E-state index contributed by atoms with van der Waals surface area (Å²) in [6.45, 7) is 3.04. The number of nitrogens with one attached hydrogen (secondary N) is 1. The van der Waals surface area contributed by atoms with Crippen LogP contribution in [0.5, 0.6) is 11.5 Å². The zero-order valence-corrected chi connectivity index (χ0v) is 15.3.